The van der Waals surface area contributed by atoms with Gasteiger partial charge in [-0.25, -0.2) is 8.78 Å². The zero-order valence-electron chi connectivity index (χ0n) is 13.0. The van der Waals surface area contributed by atoms with Crippen molar-refractivity contribution in [2.45, 2.75) is 23.9 Å². The number of nitrogens with one attached hydrogen (secondary N) is 2. The Morgan fingerprint density at radius 3 is 2.84 bits per heavy atom. The maximum atomic E-state index is 13.6. The number of nitrogens with zero attached hydrogens (tertiary/aromatic N) is 2. The molecule has 0 fully saturated rings. The van der Waals surface area contributed by atoms with Gasteiger partial charge in [0.1, 0.15) is 0 Å². The molecule has 0 saturated heterocycles. The zero-order valence-corrected chi connectivity index (χ0v) is 13.8. The number of thioether (sulfide) groups is 1. The van der Waals surface area contributed by atoms with Gasteiger partial charge in [0.25, 0.3) is 0 Å². The van der Waals surface area contributed by atoms with E-state index in [-0.39, 0.29) is 28.9 Å². The van der Waals surface area contributed by atoms with Crippen molar-refractivity contribution < 1.29 is 18.8 Å². The highest BCUT2D eigenvalue weighted by molar-refractivity contribution is 7.98. The summed E-state index contributed by atoms with van der Waals surface area (Å²) in [4.78, 5) is 28.2. The van der Waals surface area contributed by atoms with Crippen molar-refractivity contribution in [1.29, 1.82) is 0 Å². The Morgan fingerprint density at radius 2 is 2.20 bits per heavy atom. The van der Waals surface area contributed by atoms with Crippen molar-refractivity contribution in [2.75, 3.05) is 11.9 Å². The van der Waals surface area contributed by atoms with Crippen molar-refractivity contribution in [1.82, 2.24) is 9.97 Å². The summed E-state index contributed by atoms with van der Waals surface area (Å²) >= 11 is 0.881. The highest BCUT2D eigenvalue weighted by atomic mass is 32.2. The first-order valence-corrected chi connectivity index (χ1v) is 8.03. The third-order valence-electron chi connectivity index (χ3n) is 3.11. The summed E-state index contributed by atoms with van der Waals surface area (Å²) in [5.74, 6) is -2.36. The fourth-order valence-corrected chi connectivity index (χ4v) is 2.71. The van der Waals surface area contributed by atoms with Crippen LogP contribution in [0.3, 0.4) is 0 Å². The molecule has 1 aromatic carbocycles. The van der Waals surface area contributed by atoms with Crippen LogP contribution in [0.1, 0.15) is 12.5 Å². The molecule has 11 heteroatoms. The van der Waals surface area contributed by atoms with E-state index in [1.807, 2.05) is 0 Å². The summed E-state index contributed by atoms with van der Waals surface area (Å²) < 4.78 is 26.8. The molecule has 8 nitrogen and oxygen atoms in total. The number of aliphatic hydroxyl groups excluding tert-OH is 1. The molecule has 134 valence electrons. The molecule has 0 aliphatic heterocycles. The molecular weight excluding hydrogens is 358 g/mol. The molecule has 0 radical (unpaired) electrons. The molecular formula is C14H14F2N4O4S. The molecule has 0 unspecified atom stereocenters. The first-order chi connectivity index (χ1) is 11.8. The van der Waals surface area contributed by atoms with Crippen LogP contribution in [0.4, 0.5) is 20.3 Å². The minimum absolute atomic E-state index is 0.00750. The van der Waals surface area contributed by atoms with Crippen LogP contribution in [-0.2, 0) is 5.75 Å². The van der Waals surface area contributed by atoms with Gasteiger partial charge in [-0.2, -0.15) is 4.98 Å². The highest BCUT2D eigenvalue weighted by Gasteiger charge is 2.23. The quantitative estimate of drug-likeness (QED) is 0.294. The molecule has 25 heavy (non-hydrogen) atoms. The first-order valence-electron chi connectivity index (χ1n) is 7.05. The van der Waals surface area contributed by atoms with E-state index in [4.69, 9.17) is 5.11 Å². The third-order valence-corrected chi connectivity index (χ3v) is 4.03. The van der Waals surface area contributed by atoms with Crippen LogP contribution in [0.25, 0.3) is 0 Å². The van der Waals surface area contributed by atoms with Crippen molar-refractivity contribution >= 4 is 23.3 Å². The van der Waals surface area contributed by atoms with Gasteiger partial charge in [0, 0.05) is 17.4 Å². The number of anilines is 1. The van der Waals surface area contributed by atoms with Gasteiger partial charge in [-0.1, -0.05) is 23.9 Å². The van der Waals surface area contributed by atoms with Gasteiger partial charge in [0.05, 0.1) is 11.5 Å². The predicted octanol–water partition coefficient (Wildman–Crippen LogP) is 2.04. The van der Waals surface area contributed by atoms with Gasteiger partial charge in [-0.15, -0.1) is 0 Å². The SMILES string of the molecule is C[C@H](CO)Nc1nc(SCc2cccc(F)c2F)[nH]c(=O)c1[N+](=O)[O-]. The van der Waals surface area contributed by atoms with Crippen molar-refractivity contribution in [2.24, 2.45) is 0 Å². The number of halogens is 2. The minimum Gasteiger partial charge on any atom is -0.394 e. The van der Waals surface area contributed by atoms with E-state index < -0.39 is 33.8 Å². The molecule has 3 N–H and O–H groups in total. The summed E-state index contributed by atoms with van der Waals surface area (Å²) in [6.45, 7) is 1.21. The van der Waals surface area contributed by atoms with Gasteiger partial charge in [0.2, 0.25) is 5.82 Å². The minimum atomic E-state index is -1.01. The van der Waals surface area contributed by atoms with E-state index in [0.29, 0.717) is 0 Å². The lowest BCUT2D eigenvalue weighted by Crippen LogP contribution is -2.24. The molecule has 0 amide bonds. The van der Waals surface area contributed by atoms with Gasteiger partial charge >= 0.3 is 11.2 Å². The molecule has 1 heterocycles. The summed E-state index contributed by atoms with van der Waals surface area (Å²) in [5.41, 5.74) is -1.72. The molecule has 1 aromatic heterocycles. The summed E-state index contributed by atoms with van der Waals surface area (Å²) in [6, 6.07) is 3.12. The third kappa shape index (κ3) is 4.51. The normalized spacial score (nSPS) is 12.0. The number of H-pyrrole nitrogens is 1. The Bertz CT molecular complexity index is 846. The smallest absolute Gasteiger partial charge is 0.375 e. The number of benzene rings is 1. The molecule has 0 saturated carbocycles. The van der Waals surface area contributed by atoms with Crippen LogP contribution in [0, 0.1) is 21.7 Å². The van der Waals surface area contributed by atoms with Gasteiger partial charge < -0.3 is 10.4 Å². The van der Waals surface area contributed by atoms with Crippen molar-refractivity contribution in [3.63, 3.8) is 0 Å². The lowest BCUT2D eigenvalue weighted by atomic mass is 10.2. The van der Waals surface area contributed by atoms with Crippen molar-refractivity contribution in [3.05, 3.63) is 55.9 Å². The second kappa shape index (κ2) is 8.03. The van der Waals surface area contributed by atoms with Gasteiger partial charge in [0.15, 0.2) is 16.8 Å². The van der Waals surface area contributed by atoms with Gasteiger partial charge in [-0.3, -0.25) is 19.9 Å². The molecule has 1 atom stereocenters. The van der Waals surface area contributed by atoms with Crippen LogP contribution >= 0.6 is 11.8 Å². The van der Waals surface area contributed by atoms with Crippen LogP contribution in [-0.4, -0.2) is 32.6 Å². The van der Waals surface area contributed by atoms with E-state index in [0.717, 1.165) is 17.8 Å². The van der Waals surface area contributed by atoms with Crippen LogP contribution < -0.4 is 10.9 Å². The fraction of sp³-hybridized carbons (Fsp3) is 0.286. The van der Waals surface area contributed by atoms with E-state index in [2.05, 4.69) is 15.3 Å². The number of hydrogen-bond donors (Lipinski definition) is 3. The maximum absolute atomic E-state index is 13.6. The predicted molar refractivity (Wildman–Crippen MR) is 87.6 cm³/mol. The topological polar surface area (TPSA) is 121 Å². The molecule has 0 bridgehead atoms. The Balaban J connectivity index is 2.31. The maximum Gasteiger partial charge on any atom is 0.375 e. The standard InChI is InChI=1S/C14H14F2N4O4S/c1-7(5-21)17-12-11(20(23)24)13(22)19-14(18-12)25-6-8-3-2-4-9(15)10(8)16/h2-4,7,21H,5-6H2,1H3,(H2,17,18,19,22)/t7-/m1/s1. The second-order valence-corrected chi connectivity index (χ2v) is 6.02. The molecule has 0 aliphatic rings. The van der Waals surface area contributed by atoms with E-state index in [1.165, 1.54) is 12.1 Å². The molecule has 2 rings (SSSR count). The van der Waals surface area contributed by atoms with E-state index in [1.54, 1.807) is 6.92 Å². The van der Waals surface area contributed by atoms with Crippen LogP contribution in [0.5, 0.6) is 0 Å². The van der Waals surface area contributed by atoms with Crippen molar-refractivity contribution in [3.8, 4) is 0 Å². The van der Waals surface area contributed by atoms with Crippen LogP contribution in [0.15, 0.2) is 28.2 Å². The number of nitro groups is 1. The van der Waals surface area contributed by atoms with Crippen LogP contribution in [0.2, 0.25) is 0 Å². The van der Waals surface area contributed by atoms with Gasteiger partial charge in [-0.05, 0) is 13.0 Å². The number of aliphatic hydroxyl groups is 1. The Hall–Kier alpha value is -2.53. The average Bonchev–Trinajstić information content (AvgIpc) is 2.55. The Morgan fingerprint density at radius 1 is 1.48 bits per heavy atom. The highest BCUT2D eigenvalue weighted by Crippen LogP contribution is 2.25. The second-order valence-electron chi connectivity index (χ2n) is 5.05. The van der Waals surface area contributed by atoms with E-state index in [9.17, 15) is 23.7 Å². The number of hydrogen-bond acceptors (Lipinski definition) is 7. The fourth-order valence-electron chi connectivity index (χ4n) is 1.87. The number of aromatic nitrogens is 2. The number of rotatable bonds is 7. The average molecular weight is 372 g/mol. The molecule has 0 spiro atoms. The summed E-state index contributed by atoms with van der Waals surface area (Å²) in [5, 5.41) is 22.6. The molecule has 2 aromatic rings. The monoisotopic (exact) mass is 372 g/mol. The largest absolute Gasteiger partial charge is 0.394 e. The number of aromatic amines is 1. The summed E-state index contributed by atoms with van der Waals surface area (Å²) in [6.07, 6.45) is 0. The first kappa shape index (κ1) is 18.8. The molecule has 0 aliphatic carbocycles. The van der Waals surface area contributed by atoms with E-state index >= 15 is 0 Å². The zero-order chi connectivity index (χ0) is 18.6. The Kier molecular flexibility index (Phi) is 6.04. The lowest BCUT2D eigenvalue weighted by Gasteiger charge is -2.12. The lowest BCUT2D eigenvalue weighted by molar-refractivity contribution is -0.385. The Labute approximate surface area is 144 Å². The summed E-state index contributed by atoms with van der Waals surface area (Å²) in [7, 11) is 0.